The maximum absolute atomic E-state index is 11.8. The van der Waals surface area contributed by atoms with Gasteiger partial charge in [0.1, 0.15) is 18.6 Å². The average molecular weight is 304 g/mol. The molecule has 1 aromatic carbocycles. The number of carbonyl (C=O) groups is 1. The number of tetrazole rings is 1. The number of rotatable bonds is 5. The monoisotopic (exact) mass is 304 g/mol. The van der Waals surface area contributed by atoms with Gasteiger partial charge in [0.05, 0.1) is 16.8 Å². The zero-order valence-corrected chi connectivity index (χ0v) is 12.0. The van der Waals surface area contributed by atoms with Crippen molar-refractivity contribution < 1.29 is 9.53 Å². The highest BCUT2D eigenvalue weighted by molar-refractivity contribution is 7.22. The topological polar surface area (TPSA) is 94.8 Å². The highest BCUT2D eigenvalue weighted by atomic mass is 32.1. The summed E-state index contributed by atoms with van der Waals surface area (Å²) in [6, 6.07) is 5.64. The lowest BCUT2D eigenvalue weighted by Crippen LogP contribution is -2.19. The Morgan fingerprint density at radius 2 is 2.38 bits per heavy atom. The Kier molecular flexibility index (Phi) is 3.73. The van der Waals surface area contributed by atoms with Crippen molar-refractivity contribution in [2.45, 2.75) is 13.5 Å². The lowest BCUT2D eigenvalue weighted by molar-refractivity contribution is -0.116. The van der Waals surface area contributed by atoms with E-state index in [1.165, 1.54) is 22.3 Å². The molecule has 3 rings (SSSR count). The summed E-state index contributed by atoms with van der Waals surface area (Å²) in [4.78, 5) is 16.2. The number of nitrogens with one attached hydrogen (secondary N) is 1. The number of nitrogens with zero attached hydrogens (tertiary/aromatic N) is 5. The highest BCUT2D eigenvalue weighted by Gasteiger charge is 2.09. The van der Waals surface area contributed by atoms with Crippen molar-refractivity contribution in [2.75, 3.05) is 11.9 Å². The number of fused-ring (bicyclic) bond motifs is 1. The first-order valence-electron chi connectivity index (χ1n) is 6.28. The van der Waals surface area contributed by atoms with E-state index in [0.717, 1.165) is 16.0 Å². The second-order valence-corrected chi connectivity index (χ2v) is 5.17. The molecule has 1 N–H and O–H groups in total. The van der Waals surface area contributed by atoms with Crippen molar-refractivity contribution in [2.24, 2.45) is 0 Å². The van der Waals surface area contributed by atoms with Crippen LogP contribution in [-0.4, -0.2) is 37.7 Å². The van der Waals surface area contributed by atoms with Crippen LogP contribution in [0.5, 0.6) is 5.75 Å². The van der Waals surface area contributed by atoms with Gasteiger partial charge in [-0.2, -0.15) is 0 Å². The molecule has 0 spiro atoms. The maximum Gasteiger partial charge on any atom is 0.248 e. The van der Waals surface area contributed by atoms with Gasteiger partial charge in [-0.25, -0.2) is 9.67 Å². The van der Waals surface area contributed by atoms with Crippen molar-refractivity contribution >= 4 is 32.6 Å². The van der Waals surface area contributed by atoms with Gasteiger partial charge >= 0.3 is 0 Å². The van der Waals surface area contributed by atoms with Crippen LogP contribution in [0.15, 0.2) is 24.5 Å². The minimum Gasteiger partial charge on any atom is -0.494 e. The molecule has 0 aliphatic carbocycles. The van der Waals surface area contributed by atoms with Crippen LogP contribution in [0.2, 0.25) is 0 Å². The van der Waals surface area contributed by atoms with E-state index < -0.39 is 0 Å². The van der Waals surface area contributed by atoms with Gasteiger partial charge in [0.15, 0.2) is 5.13 Å². The van der Waals surface area contributed by atoms with Crippen molar-refractivity contribution in [3.05, 3.63) is 24.5 Å². The first-order chi connectivity index (χ1) is 10.2. The summed E-state index contributed by atoms with van der Waals surface area (Å²) in [5.74, 6) is 0.562. The smallest absolute Gasteiger partial charge is 0.248 e. The molecule has 0 bridgehead atoms. The van der Waals surface area contributed by atoms with Gasteiger partial charge in [-0.05, 0) is 35.5 Å². The summed E-state index contributed by atoms with van der Waals surface area (Å²) in [5.41, 5.74) is 0.821. The predicted octanol–water partition coefficient (Wildman–Crippen LogP) is 1.32. The number of benzene rings is 1. The number of carbonyl (C=O) groups excluding carboxylic acids is 1. The van der Waals surface area contributed by atoms with Crippen LogP contribution >= 0.6 is 11.3 Å². The summed E-state index contributed by atoms with van der Waals surface area (Å²) in [7, 11) is 0. The summed E-state index contributed by atoms with van der Waals surface area (Å²) in [5, 5.41) is 13.8. The van der Waals surface area contributed by atoms with Crippen molar-refractivity contribution in [1.29, 1.82) is 0 Å². The molecule has 0 aliphatic rings. The average Bonchev–Trinajstić information content (AvgIpc) is 3.07. The van der Waals surface area contributed by atoms with Crippen molar-refractivity contribution in [3.63, 3.8) is 0 Å². The zero-order valence-electron chi connectivity index (χ0n) is 11.2. The highest BCUT2D eigenvalue weighted by Crippen LogP contribution is 2.29. The lowest BCUT2D eigenvalue weighted by Gasteiger charge is -2.00. The molecule has 0 radical (unpaired) electrons. The molecule has 0 fully saturated rings. The van der Waals surface area contributed by atoms with E-state index in [9.17, 15) is 4.79 Å². The minimum absolute atomic E-state index is 0.0487. The van der Waals surface area contributed by atoms with Crippen LogP contribution in [0.4, 0.5) is 5.13 Å². The van der Waals surface area contributed by atoms with Gasteiger partial charge in [0.25, 0.3) is 0 Å². The van der Waals surface area contributed by atoms with Crippen LogP contribution in [0.1, 0.15) is 6.92 Å². The summed E-state index contributed by atoms with van der Waals surface area (Å²) in [6.07, 6.45) is 1.38. The molecule has 0 saturated heterocycles. The van der Waals surface area contributed by atoms with Gasteiger partial charge in [-0.3, -0.25) is 4.79 Å². The summed E-state index contributed by atoms with van der Waals surface area (Å²) in [6.45, 7) is 2.59. The minimum atomic E-state index is -0.230. The molecule has 108 valence electrons. The van der Waals surface area contributed by atoms with Gasteiger partial charge in [0.2, 0.25) is 5.91 Å². The standard InChI is InChI=1S/C12H12N6O2S/c1-2-20-8-3-4-9-10(5-8)21-12(14-9)15-11(19)6-18-7-13-16-17-18/h3-5,7H,2,6H2,1H3,(H,14,15,19). The third-order valence-electron chi connectivity index (χ3n) is 2.61. The molecule has 2 heterocycles. The fraction of sp³-hybridized carbons (Fsp3) is 0.250. The lowest BCUT2D eigenvalue weighted by atomic mass is 10.3. The number of amides is 1. The van der Waals surface area contributed by atoms with Gasteiger partial charge < -0.3 is 10.1 Å². The molecular weight excluding hydrogens is 292 g/mol. The molecule has 0 saturated carbocycles. The van der Waals surface area contributed by atoms with E-state index in [1.54, 1.807) is 0 Å². The Morgan fingerprint density at radius 3 is 3.14 bits per heavy atom. The fourth-order valence-electron chi connectivity index (χ4n) is 1.77. The molecule has 0 unspecified atom stereocenters. The van der Waals surface area contributed by atoms with Gasteiger partial charge in [-0.15, -0.1) is 5.10 Å². The number of hydrogen-bond acceptors (Lipinski definition) is 7. The van der Waals surface area contributed by atoms with Crippen molar-refractivity contribution in [1.82, 2.24) is 25.2 Å². The maximum atomic E-state index is 11.8. The van der Waals surface area contributed by atoms with Gasteiger partial charge in [-0.1, -0.05) is 11.3 Å². The van der Waals surface area contributed by atoms with E-state index >= 15 is 0 Å². The first kappa shape index (κ1) is 13.4. The number of hydrogen-bond donors (Lipinski definition) is 1. The Hall–Kier alpha value is -2.55. The molecule has 1 amide bonds. The van der Waals surface area contributed by atoms with E-state index in [0.29, 0.717) is 11.7 Å². The Balaban J connectivity index is 1.73. The largest absolute Gasteiger partial charge is 0.494 e. The van der Waals surface area contributed by atoms with Crippen LogP contribution in [0.3, 0.4) is 0 Å². The fourth-order valence-corrected chi connectivity index (χ4v) is 2.68. The molecule has 8 nitrogen and oxygen atoms in total. The molecule has 21 heavy (non-hydrogen) atoms. The van der Waals surface area contributed by atoms with Crippen LogP contribution in [0.25, 0.3) is 10.2 Å². The molecule has 9 heteroatoms. The Morgan fingerprint density at radius 1 is 1.48 bits per heavy atom. The van der Waals surface area contributed by atoms with Crippen LogP contribution in [0, 0.1) is 0 Å². The molecule has 0 atom stereocenters. The SMILES string of the molecule is CCOc1ccc2nc(NC(=O)Cn3cnnn3)sc2c1. The molecule has 0 aliphatic heterocycles. The number of thiazole rings is 1. The second kappa shape index (κ2) is 5.83. The van der Waals surface area contributed by atoms with Crippen LogP contribution < -0.4 is 10.1 Å². The van der Waals surface area contributed by atoms with E-state index in [4.69, 9.17) is 4.74 Å². The molecular formula is C12H12N6O2S. The Bertz CT molecular complexity index is 754. The quantitative estimate of drug-likeness (QED) is 0.764. The van der Waals surface area contributed by atoms with Gasteiger partial charge in [0, 0.05) is 0 Å². The summed E-state index contributed by atoms with van der Waals surface area (Å²) < 4.78 is 7.74. The third-order valence-corrected chi connectivity index (χ3v) is 3.55. The molecule has 3 aromatic rings. The number of ether oxygens (including phenoxy) is 1. The normalized spacial score (nSPS) is 10.7. The number of anilines is 1. The zero-order chi connectivity index (χ0) is 14.7. The van der Waals surface area contributed by atoms with E-state index in [-0.39, 0.29) is 12.5 Å². The second-order valence-electron chi connectivity index (χ2n) is 4.14. The molecule has 2 aromatic heterocycles. The van der Waals surface area contributed by atoms with Crippen LogP contribution in [-0.2, 0) is 11.3 Å². The summed E-state index contributed by atoms with van der Waals surface area (Å²) >= 11 is 1.39. The predicted molar refractivity (Wildman–Crippen MR) is 77.2 cm³/mol. The van der Waals surface area contributed by atoms with E-state index in [2.05, 4.69) is 25.8 Å². The Labute approximate surface area is 123 Å². The van der Waals surface area contributed by atoms with E-state index in [1.807, 2.05) is 25.1 Å². The number of aromatic nitrogens is 5. The van der Waals surface area contributed by atoms with Crippen molar-refractivity contribution in [3.8, 4) is 5.75 Å². The first-order valence-corrected chi connectivity index (χ1v) is 7.10. The third kappa shape index (κ3) is 3.14.